The molecule has 1 saturated carbocycles. The first-order valence-electron chi connectivity index (χ1n) is 9.00. The molecule has 0 amide bonds. The normalized spacial score (nSPS) is 31.6. The Morgan fingerprint density at radius 1 is 1.32 bits per heavy atom. The van der Waals surface area contributed by atoms with Crippen molar-refractivity contribution in [1.82, 2.24) is 4.90 Å². The first kappa shape index (κ1) is 18.2. The number of rotatable bonds is 4. The third-order valence-electron chi connectivity index (χ3n) is 6.44. The third-order valence-corrected chi connectivity index (χ3v) is 6.44. The molecule has 0 radical (unpaired) electrons. The highest BCUT2D eigenvalue weighted by Crippen LogP contribution is 2.56. The van der Waals surface area contributed by atoms with Crippen molar-refractivity contribution in [3.63, 3.8) is 0 Å². The van der Waals surface area contributed by atoms with Crippen molar-refractivity contribution in [2.45, 2.75) is 50.2 Å². The minimum absolute atomic E-state index is 0.133. The number of Topliss-reactive ketones (excluding diaryl/α,β-unsaturated/α-hetero) is 1. The Bertz CT molecular complexity index is 672. The maximum atomic E-state index is 12.7. The summed E-state index contributed by atoms with van der Waals surface area (Å²) in [6, 6.07) is 4.18. The average molecular weight is 347 g/mol. The van der Waals surface area contributed by atoms with E-state index in [0.717, 1.165) is 24.0 Å². The van der Waals surface area contributed by atoms with E-state index in [1.807, 2.05) is 12.1 Å². The van der Waals surface area contributed by atoms with Gasteiger partial charge in [0.2, 0.25) is 0 Å². The Morgan fingerprint density at radius 2 is 2.04 bits per heavy atom. The van der Waals surface area contributed by atoms with E-state index in [9.17, 15) is 9.90 Å². The number of ether oxygens (including phenoxy) is 2. The summed E-state index contributed by atoms with van der Waals surface area (Å²) in [4.78, 5) is 15.0. The van der Waals surface area contributed by atoms with Crippen LogP contribution in [0.3, 0.4) is 0 Å². The topological polar surface area (TPSA) is 59.0 Å². The van der Waals surface area contributed by atoms with Crippen LogP contribution in [0.2, 0.25) is 0 Å². The summed E-state index contributed by atoms with van der Waals surface area (Å²) in [5.41, 5.74) is 1.67. The summed E-state index contributed by atoms with van der Waals surface area (Å²) >= 11 is 0. The van der Waals surface area contributed by atoms with E-state index >= 15 is 0 Å². The second-order valence-electron chi connectivity index (χ2n) is 7.60. The predicted molar refractivity (Wildman–Crippen MR) is 96.3 cm³/mol. The minimum Gasteiger partial charge on any atom is -0.504 e. The molecule has 0 spiro atoms. The van der Waals surface area contributed by atoms with Crippen molar-refractivity contribution in [2.24, 2.45) is 5.92 Å². The van der Waals surface area contributed by atoms with Gasteiger partial charge >= 0.3 is 0 Å². The van der Waals surface area contributed by atoms with Gasteiger partial charge in [0.15, 0.2) is 17.3 Å². The summed E-state index contributed by atoms with van der Waals surface area (Å²) in [5, 5.41) is 10.9. The second-order valence-corrected chi connectivity index (χ2v) is 7.60. The van der Waals surface area contributed by atoms with Crippen LogP contribution in [0.25, 0.3) is 0 Å². The Morgan fingerprint density at radius 3 is 2.60 bits per heavy atom. The Balaban J connectivity index is 2.22. The average Bonchev–Trinajstić information content (AvgIpc) is 2.60. The standard InChI is InChI=1S/C20H29NO4/c1-6-20-11-15(22)17(25-5)10-13(20)14(21(2)3)9-12-7-8-16(24-4)19(23)18(12)20/h7-8,13-14,17,23H,6,9-11H2,1-5H3/t13?,14?,17?,20-/m1/s1. The van der Waals surface area contributed by atoms with E-state index in [0.29, 0.717) is 24.6 Å². The maximum absolute atomic E-state index is 12.7. The fourth-order valence-corrected chi connectivity index (χ4v) is 5.15. The number of methoxy groups -OCH3 is 2. The van der Waals surface area contributed by atoms with Crippen LogP contribution in [0.4, 0.5) is 0 Å². The van der Waals surface area contributed by atoms with Gasteiger partial charge in [-0.3, -0.25) is 4.79 Å². The number of phenols is 1. The fourth-order valence-electron chi connectivity index (χ4n) is 5.15. The largest absolute Gasteiger partial charge is 0.504 e. The summed E-state index contributed by atoms with van der Waals surface area (Å²) in [6.07, 6.45) is 2.42. The summed E-state index contributed by atoms with van der Waals surface area (Å²) in [7, 11) is 7.37. The molecule has 1 N–H and O–H groups in total. The zero-order chi connectivity index (χ0) is 18.4. The molecule has 5 nitrogen and oxygen atoms in total. The number of carbonyl (C=O) groups is 1. The van der Waals surface area contributed by atoms with E-state index in [-0.39, 0.29) is 29.0 Å². The molecule has 0 saturated heterocycles. The van der Waals surface area contributed by atoms with Crippen LogP contribution in [-0.4, -0.2) is 56.3 Å². The zero-order valence-electron chi connectivity index (χ0n) is 15.8. The zero-order valence-corrected chi connectivity index (χ0v) is 15.8. The number of fused-ring (bicyclic) bond motifs is 3. The van der Waals surface area contributed by atoms with E-state index in [1.54, 1.807) is 14.2 Å². The smallest absolute Gasteiger partial charge is 0.162 e. The van der Waals surface area contributed by atoms with Gasteiger partial charge in [0.05, 0.1) is 7.11 Å². The molecular formula is C20H29NO4. The van der Waals surface area contributed by atoms with Gasteiger partial charge in [-0.2, -0.15) is 0 Å². The molecule has 2 aliphatic carbocycles. The Hall–Kier alpha value is -1.59. The molecule has 3 unspecified atom stereocenters. The number of aromatic hydroxyl groups is 1. The number of ketones is 1. The fraction of sp³-hybridized carbons (Fsp3) is 0.650. The second kappa shape index (κ2) is 6.61. The molecule has 1 aromatic carbocycles. The number of carbonyl (C=O) groups excluding carboxylic acids is 1. The summed E-state index contributed by atoms with van der Waals surface area (Å²) in [5.74, 6) is 1.07. The van der Waals surface area contributed by atoms with Crippen molar-refractivity contribution in [3.8, 4) is 11.5 Å². The van der Waals surface area contributed by atoms with E-state index in [2.05, 4.69) is 25.9 Å². The molecule has 5 heteroatoms. The molecule has 0 heterocycles. The number of hydrogen-bond acceptors (Lipinski definition) is 5. The molecule has 25 heavy (non-hydrogen) atoms. The maximum Gasteiger partial charge on any atom is 0.162 e. The van der Waals surface area contributed by atoms with Crippen LogP contribution < -0.4 is 4.74 Å². The molecule has 0 aliphatic heterocycles. The van der Waals surface area contributed by atoms with Crippen molar-refractivity contribution in [3.05, 3.63) is 23.3 Å². The molecule has 138 valence electrons. The third kappa shape index (κ3) is 2.64. The van der Waals surface area contributed by atoms with Gasteiger partial charge in [0.1, 0.15) is 6.10 Å². The first-order chi connectivity index (χ1) is 11.9. The minimum atomic E-state index is -0.368. The SMILES string of the molecule is CC[C@@]12CC(=O)C(OC)CC1C(N(C)C)Cc1ccc(OC)c(O)c12. The van der Waals surface area contributed by atoms with Gasteiger partial charge in [0.25, 0.3) is 0 Å². The van der Waals surface area contributed by atoms with E-state index in [1.165, 1.54) is 0 Å². The monoisotopic (exact) mass is 347 g/mol. The molecule has 1 fully saturated rings. The van der Waals surface area contributed by atoms with Gasteiger partial charge in [-0.05, 0) is 50.9 Å². The van der Waals surface area contributed by atoms with Gasteiger partial charge < -0.3 is 19.5 Å². The lowest BCUT2D eigenvalue weighted by Gasteiger charge is -2.54. The quantitative estimate of drug-likeness (QED) is 0.907. The van der Waals surface area contributed by atoms with Gasteiger partial charge in [-0.25, -0.2) is 0 Å². The van der Waals surface area contributed by atoms with Crippen molar-refractivity contribution >= 4 is 5.78 Å². The lowest BCUT2D eigenvalue weighted by Crippen LogP contribution is -2.58. The number of likely N-dealkylation sites (N-methyl/N-ethyl adjacent to an activating group) is 1. The number of phenolic OH excluding ortho intramolecular Hbond substituents is 1. The number of nitrogens with zero attached hydrogens (tertiary/aromatic N) is 1. The highest BCUT2D eigenvalue weighted by atomic mass is 16.5. The molecule has 1 aromatic rings. The first-order valence-corrected chi connectivity index (χ1v) is 9.00. The lowest BCUT2D eigenvalue weighted by molar-refractivity contribution is -0.138. The lowest BCUT2D eigenvalue weighted by atomic mass is 9.53. The number of hydrogen-bond donors (Lipinski definition) is 1. The van der Waals surface area contributed by atoms with E-state index < -0.39 is 0 Å². The molecule has 2 aliphatic rings. The van der Waals surface area contributed by atoms with Crippen molar-refractivity contribution in [1.29, 1.82) is 0 Å². The van der Waals surface area contributed by atoms with Gasteiger partial charge in [0, 0.05) is 30.6 Å². The number of benzene rings is 1. The van der Waals surface area contributed by atoms with Crippen LogP contribution in [0.15, 0.2) is 12.1 Å². The highest BCUT2D eigenvalue weighted by molar-refractivity contribution is 5.86. The highest BCUT2D eigenvalue weighted by Gasteiger charge is 2.55. The van der Waals surface area contributed by atoms with Crippen LogP contribution in [0, 0.1) is 5.92 Å². The summed E-state index contributed by atoms with van der Waals surface area (Å²) in [6.45, 7) is 2.12. The van der Waals surface area contributed by atoms with E-state index in [4.69, 9.17) is 9.47 Å². The molecule has 3 rings (SSSR count). The van der Waals surface area contributed by atoms with Gasteiger partial charge in [-0.15, -0.1) is 0 Å². The molecular weight excluding hydrogens is 318 g/mol. The van der Waals surface area contributed by atoms with Gasteiger partial charge in [-0.1, -0.05) is 13.0 Å². The van der Waals surface area contributed by atoms with Crippen LogP contribution in [-0.2, 0) is 21.4 Å². The van der Waals surface area contributed by atoms with Crippen molar-refractivity contribution in [2.75, 3.05) is 28.3 Å². The molecule has 0 bridgehead atoms. The Labute approximate surface area is 149 Å². The predicted octanol–water partition coefficient (Wildman–Crippen LogP) is 2.53. The van der Waals surface area contributed by atoms with Crippen LogP contribution in [0.5, 0.6) is 11.5 Å². The van der Waals surface area contributed by atoms with Crippen LogP contribution in [0.1, 0.15) is 37.3 Å². The van der Waals surface area contributed by atoms with Crippen molar-refractivity contribution < 1.29 is 19.4 Å². The van der Waals surface area contributed by atoms with Crippen LogP contribution >= 0.6 is 0 Å². The Kier molecular flexibility index (Phi) is 4.82. The summed E-state index contributed by atoms with van der Waals surface area (Å²) < 4.78 is 10.8. The molecule has 0 aromatic heterocycles. The molecule has 4 atom stereocenters.